The molecule has 19 heavy (non-hydrogen) atoms. The zero-order valence-electron chi connectivity index (χ0n) is 11.0. The van der Waals surface area contributed by atoms with Crippen molar-refractivity contribution in [1.82, 2.24) is 0 Å². The number of phenolic OH excluding ortho intramolecular Hbond substituents is 1. The molecule has 1 fully saturated rings. The lowest BCUT2D eigenvalue weighted by Crippen LogP contribution is -2.26. The van der Waals surface area contributed by atoms with E-state index in [2.05, 4.69) is 12.1 Å². The summed E-state index contributed by atoms with van der Waals surface area (Å²) >= 11 is 0. The molecule has 0 aromatic heterocycles. The number of nitrogens with zero attached hydrogens (tertiary/aromatic N) is 2. The van der Waals surface area contributed by atoms with Crippen LogP contribution in [0.15, 0.2) is 24.3 Å². The number of benzene rings is 1. The van der Waals surface area contributed by atoms with Gasteiger partial charge in [-0.15, -0.1) is 0 Å². The Balaban J connectivity index is 2.25. The molecule has 0 amide bonds. The van der Waals surface area contributed by atoms with Crippen molar-refractivity contribution in [2.75, 3.05) is 0 Å². The first kappa shape index (κ1) is 13.4. The molecule has 3 nitrogen and oxygen atoms in total. The quantitative estimate of drug-likeness (QED) is 0.895. The van der Waals surface area contributed by atoms with E-state index in [0.717, 1.165) is 12.8 Å². The lowest BCUT2D eigenvalue weighted by molar-refractivity contribution is 0.312. The number of phenols is 1. The summed E-state index contributed by atoms with van der Waals surface area (Å²) in [5.74, 6) is 0.619. The van der Waals surface area contributed by atoms with Crippen molar-refractivity contribution in [2.24, 2.45) is 5.92 Å². The second kappa shape index (κ2) is 5.76. The van der Waals surface area contributed by atoms with Crippen molar-refractivity contribution in [3.8, 4) is 17.9 Å². The van der Waals surface area contributed by atoms with Crippen molar-refractivity contribution in [1.29, 1.82) is 10.5 Å². The summed E-state index contributed by atoms with van der Waals surface area (Å²) in [6.07, 6.45) is 6.50. The SMILES string of the molecule is N#CC(C#N)(CC1CCCCC1)c1ccc(O)cc1. The average Bonchev–Trinajstić information content (AvgIpc) is 2.47. The van der Waals surface area contributed by atoms with E-state index in [1.165, 1.54) is 19.3 Å². The molecule has 0 heterocycles. The van der Waals surface area contributed by atoms with Crippen LogP contribution in [0.2, 0.25) is 0 Å². The van der Waals surface area contributed by atoms with Crippen LogP contribution in [-0.2, 0) is 5.41 Å². The summed E-state index contributed by atoms with van der Waals surface area (Å²) < 4.78 is 0. The molecule has 0 bridgehead atoms. The summed E-state index contributed by atoms with van der Waals surface area (Å²) in [4.78, 5) is 0. The average molecular weight is 254 g/mol. The smallest absolute Gasteiger partial charge is 0.168 e. The molecule has 1 aromatic carbocycles. The number of rotatable bonds is 3. The van der Waals surface area contributed by atoms with Gasteiger partial charge in [-0.1, -0.05) is 44.2 Å². The van der Waals surface area contributed by atoms with Crippen LogP contribution in [0.1, 0.15) is 44.1 Å². The van der Waals surface area contributed by atoms with Crippen LogP contribution >= 0.6 is 0 Å². The Kier molecular flexibility index (Phi) is 4.07. The first-order valence-corrected chi connectivity index (χ1v) is 6.82. The van der Waals surface area contributed by atoms with Gasteiger partial charge in [0.25, 0.3) is 0 Å². The summed E-state index contributed by atoms with van der Waals surface area (Å²) in [7, 11) is 0. The standard InChI is InChI=1S/C16H18N2O/c17-11-16(12-18,10-13-4-2-1-3-5-13)14-6-8-15(19)9-7-14/h6-9,13,19H,1-5,10H2. The fraction of sp³-hybridized carbons (Fsp3) is 0.500. The molecule has 98 valence electrons. The number of aromatic hydroxyl groups is 1. The van der Waals surface area contributed by atoms with E-state index in [1.54, 1.807) is 24.3 Å². The summed E-state index contributed by atoms with van der Waals surface area (Å²) in [6.45, 7) is 0. The largest absolute Gasteiger partial charge is 0.508 e. The third kappa shape index (κ3) is 2.88. The molecule has 0 aliphatic heterocycles. The Morgan fingerprint density at radius 1 is 1.05 bits per heavy atom. The van der Waals surface area contributed by atoms with E-state index in [-0.39, 0.29) is 5.75 Å². The molecule has 1 N–H and O–H groups in total. The highest BCUT2D eigenvalue weighted by Gasteiger charge is 2.35. The van der Waals surface area contributed by atoms with E-state index in [4.69, 9.17) is 0 Å². The summed E-state index contributed by atoms with van der Waals surface area (Å²) in [5.41, 5.74) is -0.378. The molecule has 0 radical (unpaired) electrons. The lowest BCUT2D eigenvalue weighted by atomic mass is 9.72. The normalized spacial score (nSPS) is 16.5. The highest BCUT2D eigenvalue weighted by Crippen LogP contribution is 2.37. The maximum Gasteiger partial charge on any atom is 0.168 e. The summed E-state index contributed by atoms with van der Waals surface area (Å²) in [5, 5.41) is 28.3. The van der Waals surface area contributed by atoms with Gasteiger partial charge in [-0.05, 0) is 30.0 Å². The van der Waals surface area contributed by atoms with Gasteiger partial charge in [0.1, 0.15) is 5.75 Å². The van der Waals surface area contributed by atoms with Crippen molar-refractivity contribution >= 4 is 0 Å². The van der Waals surface area contributed by atoms with Crippen LogP contribution in [0.5, 0.6) is 5.75 Å². The Labute approximate surface area is 114 Å². The third-order valence-electron chi connectivity index (χ3n) is 4.06. The highest BCUT2D eigenvalue weighted by atomic mass is 16.3. The van der Waals surface area contributed by atoms with Gasteiger partial charge in [-0.2, -0.15) is 10.5 Å². The lowest BCUT2D eigenvalue weighted by Gasteiger charge is -2.28. The van der Waals surface area contributed by atoms with Crippen molar-refractivity contribution in [3.63, 3.8) is 0 Å². The van der Waals surface area contributed by atoms with Crippen LogP contribution in [0.25, 0.3) is 0 Å². The Morgan fingerprint density at radius 3 is 2.16 bits per heavy atom. The van der Waals surface area contributed by atoms with Crippen LogP contribution in [0, 0.1) is 28.6 Å². The van der Waals surface area contributed by atoms with E-state index in [1.807, 2.05) is 0 Å². The van der Waals surface area contributed by atoms with Crippen LogP contribution < -0.4 is 0 Å². The minimum atomic E-state index is -1.07. The molecule has 2 rings (SSSR count). The van der Waals surface area contributed by atoms with Crippen molar-refractivity contribution in [3.05, 3.63) is 29.8 Å². The number of nitriles is 2. The van der Waals surface area contributed by atoms with Crippen molar-refractivity contribution < 1.29 is 5.11 Å². The first-order chi connectivity index (χ1) is 9.20. The highest BCUT2D eigenvalue weighted by molar-refractivity contribution is 5.42. The van der Waals surface area contributed by atoms with E-state index < -0.39 is 5.41 Å². The molecule has 0 atom stereocenters. The van der Waals surface area contributed by atoms with E-state index >= 15 is 0 Å². The Morgan fingerprint density at radius 2 is 1.63 bits per heavy atom. The van der Waals surface area contributed by atoms with Gasteiger partial charge in [-0.3, -0.25) is 0 Å². The Bertz CT molecular complexity index is 487. The number of hydrogen-bond donors (Lipinski definition) is 1. The second-order valence-electron chi connectivity index (χ2n) is 5.38. The van der Waals surface area contributed by atoms with Gasteiger partial charge >= 0.3 is 0 Å². The maximum absolute atomic E-state index is 9.49. The van der Waals surface area contributed by atoms with Crippen LogP contribution in [-0.4, -0.2) is 5.11 Å². The van der Waals surface area contributed by atoms with Crippen LogP contribution in [0.3, 0.4) is 0 Å². The summed E-state index contributed by atoms with van der Waals surface area (Å²) in [6, 6.07) is 10.9. The van der Waals surface area contributed by atoms with Gasteiger partial charge in [0, 0.05) is 0 Å². The predicted octanol–water partition coefficient (Wildman–Crippen LogP) is 3.65. The topological polar surface area (TPSA) is 67.8 Å². The molecule has 1 aliphatic rings. The van der Waals surface area contributed by atoms with E-state index in [9.17, 15) is 15.6 Å². The molecule has 0 unspecified atom stereocenters. The molecule has 0 saturated heterocycles. The van der Waals surface area contributed by atoms with Gasteiger partial charge in [0.05, 0.1) is 12.1 Å². The Hall–Kier alpha value is -2.00. The second-order valence-corrected chi connectivity index (χ2v) is 5.38. The molecule has 1 saturated carbocycles. The maximum atomic E-state index is 9.49. The zero-order chi connectivity index (χ0) is 13.7. The van der Waals surface area contributed by atoms with Gasteiger partial charge in [0.15, 0.2) is 5.41 Å². The molecular weight excluding hydrogens is 236 g/mol. The van der Waals surface area contributed by atoms with Crippen LogP contribution in [0.4, 0.5) is 0 Å². The predicted molar refractivity (Wildman–Crippen MR) is 72.2 cm³/mol. The zero-order valence-corrected chi connectivity index (χ0v) is 11.0. The fourth-order valence-electron chi connectivity index (χ4n) is 2.93. The number of hydrogen-bond acceptors (Lipinski definition) is 3. The van der Waals surface area contributed by atoms with Gasteiger partial charge in [-0.25, -0.2) is 0 Å². The minimum absolute atomic E-state index is 0.159. The first-order valence-electron chi connectivity index (χ1n) is 6.82. The van der Waals surface area contributed by atoms with Gasteiger partial charge in [0.2, 0.25) is 0 Å². The minimum Gasteiger partial charge on any atom is -0.508 e. The fourth-order valence-corrected chi connectivity index (χ4v) is 2.93. The molecule has 0 spiro atoms. The van der Waals surface area contributed by atoms with Crippen molar-refractivity contribution in [2.45, 2.75) is 43.9 Å². The third-order valence-corrected chi connectivity index (χ3v) is 4.06. The van der Waals surface area contributed by atoms with Gasteiger partial charge < -0.3 is 5.11 Å². The molecule has 1 aromatic rings. The monoisotopic (exact) mass is 254 g/mol. The molecule has 1 aliphatic carbocycles. The molecular formula is C16H18N2O. The van der Waals surface area contributed by atoms with E-state index in [0.29, 0.717) is 17.9 Å². The molecule has 3 heteroatoms.